The molecule has 0 heterocycles. The quantitative estimate of drug-likeness (QED) is 0.265. The van der Waals surface area contributed by atoms with E-state index in [-0.39, 0.29) is 12.8 Å². The molecule has 190 valence electrons. The number of rotatable bonds is 12. The fraction of sp³-hybridized carbons (Fsp3) is 0.909. The molecule has 9 nitrogen and oxygen atoms in total. The van der Waals surface area contributed by atoms with Gasteiger partial charge in [0.05, 0.1) is 23.1 Å². The van der Waals surface area contributed by atoms with Gasteiger partial charge < -0.3 is 21.9 Å². The molecule has 32 heavy (non-hydrogen) atoms. The highest BCUT2D eigenvalue weighted by molar-refractivity contribution is 7.85. The molecular weight excluding hydrogens is 434 g/mol. The summed E-state index contributed by atoms with van der Waals surface area (Å²) in [5.74, 6) is -3.58. The Labute approximate surface area is 193 Å². The summed E-state index contributed by atoms with van der Waals surface area (Å²) in [4.78, 5) is 25.4. The molecule has 0 aliphatic rings. The number of carboxylic acids is 1. The van der Waals surface area contributed by atoms with Gasteiger partial charge >= 0.3 is 5.97 Å². The van der Waals surface area contributed by atoms with Crippen molar-refractivity contribution in [3.63, 3.8) is 0 Å². The minimum atomic E-state index is -4.31. The van der Waals surface area contributed by atoms with Crippen LogP contribution in [-0.2, 0) is 19.7 Å². The highest BCUT2D eigenvalue weighted by Crippen LogP contribution is 2.51. The smallest absolute Gasteiger partial charge is 0.307 e. The molecule has 0 saturated heterocycles. The Morgan fingerprint density at radius 3 is 1.62 bits per heavy atom. The van der Waals surface area contributed by atoms with Crippen molar-refractivity contribution in [3.05, 3.63) is 0 Å². The van der Waals surface area contributed by atoms with Crippen molar-refractivity contribution in [1.82, 2.24) is 5.32 Å². The van der Waals surface area contributed by atoms with E-state index < -0.39 is 67.0 Å². The largest absolute Gasteiger partial charge is 0.481 e. The van der Waals surface area contributed by atoms with Crippen LogP contribution in [0.2, 0.25) is 0 Å². The fourth-order valence-corrected chi connectivity index (χ4v) is 5.01. The molecule has 0 aromatic carbocycles. The van der Waals surface area contributed by atoms with E-state index in [4.69, 9.17) is 11.5 Å². The van der Waals surface area contributed by atoms with Gasteiger partial charge in [-0.05, 0) is 65.2 Å². The van der Waals surface area contributed by atoms with Gasteiger partial charge in [-0.2, -0.15) is 8.42 Å². The third-order valence-electron chi connectivity index (χ3n) is 6.58. The van der Waals surface area contributed by atoms with Crippen molar-refractivity contribution >= 4 is 22.0 Å². The predicted molar refractivity (Wildman–Crippen MR) is 127 cm³/mol. The van der Waals surface area contributed by atoms with Crippen LogP contribution in [-0.4, -0.2) is 52.3 Å². The van der Waals surface area contributed by atoms with Crippen molar-refractivity contribution in [2.24, 2.45) is 34.1 Å². The highest BCUT2D eigenvalue weighted by Gasteiger charge is 2.50. The molecule has 10 heteroatoms. The Kier molecular flexibility index (Phi) is 9.19. The average Bonchev–Trinajstić information content (AvgIpc) is 2.44. The number of amides is 1. The summed E-state index contributed by atoms with van der Waals surface area (Å²) in [6.07, 6.45) is 0.509. The van der Waals surface area contributed by atoms with E-state index >= 15 is 0 Å². The number of nitrogens with two attached hydrogens (primary N) is 2. The van der Waals surface area contributed by atoms with Gasteiger partial charge in [-0.15, -0.1) is 0 Å². The Bertz CT molecular complexity index is 789. The minimum Gasteiger partial charge on any atom is -0.481 e. The maximum Gasteiger partial charge on any atom is 0.307 e. The topological polar surface area (TPSA) is 173 Å². The first kappa shape index (κ1) is 30.8. The summed E-state index contributed by atoms with van der Waals surface area (Å²) in [5, 5.41) is 12.6. The zero-order valence-electron chi connectivity index (χ0n) is 21.4. The molecule has 0 aliphatic carbocycles. The van der Waals surface area contributed by atoms with E-state index in [9.17, 15) is 27.7 Å². The summed E-state index contributed by atoms with van der Waals surface area (Å²) < 4.78 is 31.8. The lowest BCUT2D eigenvalue weighted by Crippen LogP contribution is -2.58. The van der Waals surface area contributed by atoms with Crippen LogP contribution in [0.5, 0.6) is 0 Å². The number of carbonyl (C=O) groups excluding carboxylic acids is 1. The molecule has 0 radical (unpaired) electrons. The standard InChI is InChI=1S/C22H45N3O6S/c1-18(2,21(7,8)15(17(27)28)12-19(3,4)23)11-14(22(9,10)24)16(26)25-20(5,6)13-32(29,30)31/h14-15H,11-13,23-24H2,1-10H3,(H,25,26)(H,27,28)(H,29,30,31). The average molecular weight is 480 g/mol. The third-order valence-corrected chi connectivity index (χ3v) is 7.66. The molecule has 1 amide bonds. The summed E-state index contributed by atoms with van der Waals surface area (Å²) in [6, 6.07) is 0. The van der Waals surface area contributed by atoms with Crippen molar-refractivity contribution in [3.8, 4) is 0 Å². The Balaban J connectivity index is 6.06. The number of hydrogen-bond donors (Lipinski definition) is 5. The van der Waals surface area contributed by atoms with Crippen LogP contribution >= 0.6 is 0 Å². The molecule has 0 rings (SSSR count). The molecule has 0 aromatic heterocycles. The highest BCUT2D eigenvalue weighted by atomic mass is 32.2. The first-order valence-corrected chi connectivity index (χ1v) is 12.4. The van der Waals surface area contributed by atoms with Gasteiger partial charge in [0.2, 0.25) is 5.91 Å². The van der Waals surface area contributed by atoms with Crippen LogP contribution in [0.25, 0.3) is 0 Å². The molecule has 0 aromatic rings. The molecule has 0 spiro atoms. The molecule has 0 bridgehead atoms. The van der Waals surface area contributed by atoms with Crippen LogP contribution in [0.4, 0.5) is 0 Å². The van der Waals surface area contributed by atoms with Crippen molar-refractivity contribution in [1.29, 1.82) is 0 Å². The van der Waals surface area contributed by atoms with Gasteiger partial charge in [0.25, 0.3) is 10.1 Å². The second-order valence-electron chi connectivity index (χ2n) is 12.4. The fourth-order valence-electron chi connectivity index (χ4n) is 4.03. The van der Waals surface area contributed by atoms with E-state index in [0.29, 0.717) is 0 Å². The molecule has 0 saturated carbocycles. The zero-order chi connectivity index (χ0) is 26.1. The zero-order valence-corrected chi connectivity index (χ0v) is 22.2. The molecule has 2 atom stereocenters. The van der Waals surface area contributed by atoms with Gasteiger partial charge in [0.1, 0.15) is 0 Å². The van der Waals surface area contributed by atoms with E-state index in [1.54, 1.807) is 27.7 Å². The van der Waals surface area contributed by atoms with Crippen molar-refractivity contribution in [2.75, 3.05) is 5.75 Å². The van der Waals surface area contributed by atoms with Gasteiger partial charge in [0, 0.05) is 11.1 Å². The van der Waals surface area contributed by atoms with Crippen molar-refractivity contribution < 1.29 is 27.7 Å². The van der Waals surface area contributed by atoms with Gasteiger partial charge in [-0.25, -0.2) is 0 Å². The predicted octanol–water partition coefficient (Wildman–Crippen LogP) is 2.39. The van der Waals surface area contributed by atoms with Crippen molar-refractivity contribution in [2.45, 2.75) is 98.7 Å². The van der Waals surface area contributed by atoms with Crippen LogP contribution in [0.15, 0.2) is 0 Å². The third kappa shape index (κ3) is 9.33. The molecule has 0 fully saturated rings. The second kappa shape index (κ2) is 9.56. The summed E-state index contributed by atoms with van der Waals surface area (Å²) >= 11 is 0. The Hall–Kier alpha value is -1.23. The first-order chi connectivity index (χ1) is 13.7. The summed E-state index contributed by atoms with van der Waals surface area (Å²) in [5.41, 5.74) is 8.18. The van der Waals surface area contributed by atoms with Crippen LogP contribution < -0.4 is 16.8 Å². The minimum absolute atomic E-state index is 0.253. The second-order valence-corrected chi connectivity index (χ2v) is 13.8. The van der Waals surface area contributed by atoms with E-state index in [2.05, 4.69) is 5.32 Å². The lowest BCUT2D eigenvalue weighted by molar-refractivity contribution is -0.152. The molecular formula is C22H45N3O6S. The Morgan fingerprint density at radius 1 is 0.875 bits per heavy atom. The maximum atomic E-state index is 13.2. The summed E-state index contributed by atoms with van der Waals surface area (Å²) in [7, 11) is -4.31. The van der Waals surface area contributed by atoms with Gasteiger partial charge in [-0.3, -0.25) is 14.1 Å². The monoisotopic (exact) mass is 479 g/mol. The first-order valence-electron chi connectivity index (χ1n) is 10.8. The summed E-state index contributed by atoms with van der Waals surface area (Å²) in [6.45, 7) is 17.5. The molecule has 0 aliphatic heterocycles. The van der Waals surface area contributed by atoms with Crippen LogP contribution in [0, 0.1) is 22.7 Å². The Morgan fingerprint density at radius 2 is 1.31 bits per heavy atom. The SMILES string of the molecule is CC(C)(N)CC(C(=O)O)C(C)(C)C(C)(C)CC(C(=O)NC(C)(C)CS(=O)(=O)O)C(C)(C)N. The number of carboxylic acid groups (broad SMARTS) is 1. The number of hydrogen-bond acceptors (Lipinski definition) is 6. The molecule has 7 N–H and O–H groups in total. The number of aliphatic carboxylic acids is 1. The number of carbonyl (C=O) groups is 2. The van der Waals surface area contributed by atoms with Crippen LogP contribution in [0.1, 0.15) is 82.1 Å². The number of nitrogens with one attached hydrogen (secondary N) is 1. The van der Waals surface area contributed by atoms with E-state index in [0.717, 1.165) is 0 Å². The van der Waals surface area contributed by atoms with E-state index in [1.165, 1.54) is 13.8 Å². The van der Waals surface area contributed by atoms with E-state index in [1.807, 2.05) is 27.7 Å². The van der Waals surface area contributed by atoms with Crippen LogP contribution in [0.3, 0.4) is 0 Å². The molecule has 2 unspecified atom stereocenters. The lowest BCUT2D eigenvalue weighted by Gasteiger charge is -2.49. The maximum absolute atomic E-state index is 13.2. The van der Waals surface area contributed by atoms with Gasteiger partial charge in [0.15, 0.2) is 0 Å². The van der Waals surface area contributed by atoms with Gasteiger partial charge in [-0.1, -0.05) is 27.7 Å². The lowest BCUT2D eigenvalue weighted by atomic mass is 9.55. The normalized spacial score (nSPS) is 16.4.